The number of benzene rings is 4. The Balaban J connectivity index is 1.93. The van der Waals surface area contributed by atoms with Crippen LogP contribution in [0.2, 0.25) is 0 Å². The van der Waals surface area contributed by atoms with Crippen molar-refractivity contribution in [3.8, 4) is 23.0 Å². The van der Waals surface area contributed by atoms with Crippen LogP contribution in [-0.4, -0.2) is 24.4 Å². The third-order valence-electron chi connectivity index (χ3n) is 8.87. The van der Waals surface area contributed by atoms with Gasteiger partial charge in [0.1, 0.15) is 23.0 Å². The van der Waals surface area contributed by atoms with Crippen LogP contribution in [0.4, 0.5) is 0 Å². The zero-order valence-electron chi connectivity index (χ0n) is 32.0. The van der Waals surface area contributed by atoms with Crippen molar-refractivity contribution in [2.75, 3.05) is 14.2 Å². The summed E-state index contributed by atoms with van der Waals surface area (Å²) < 4.78 is 12.4. The number of hydrogen-bond donors (Lipinski definition) is 2. The maximum absolute atomic E-state index is 12.1. The zero-order chi connectivity index (χ0) is 37.1. The largest absolute Gasteiger partial charge is 0.506 e. The first-order valence-corrected chi connectivity index (χ1v) is 20.2. The number of phenols is 2. The first-order valence-electron chi connectivity index (χ1n) is 16.9. The van der Waals surface area contributed by atoms with E-state index in [0.29, 0.717) is 11.5 Å². The van der Waals surface area contributed by atoms with Gasteiger partial charge in [0.2, 0.25) is 0 Å². The van der Waals surface area contributed by atoms with Crippen molar-refractivity contribution in [1.82, 2.24) is 0 Å². The second-order valence-electron chi connectivity index (χ2n) is 17.1. The Hall–Kier alpha value is -2.52. The molecule has 0 spiro atoms. The molecular weight excluding hydrogens is 697 g/mol. The van der Waals surface area contributed by atoms with Crippen LogP contribution < -0.4 is 9.47 Å². The molecule has 0 atom stereocenters. The maximum atomic E-state index is 12.1. The van der Waals surface area contributed by atoms with Gasteiger partial charge < -0.3 is 19.7 Å². The Morgan fingerprint density at radius 1 is 0.360 bits per heavy atom. The first-order chi connectivity index (χ1) is 23.0. The summed E-state index contributed by atoms with van der Waals surface area (Å²) in [6.45, 7) is 26.4. The first kappa shape index (κ1) is 38.7. The van der Waals surface area contributed by atoms with Crippen molar-refractivity contribution in [3.05, 3.63) is 70.8 Å². The monoisotopic (exact) mass is 748 g/mol. The average molecular weight is 749 g/mol. The quantitative estimate of drug-likeness (QED) is 0.185. The van der Waals surface area contributed by atoms with Gasteiger partial charge in [-0.2, -0.15) is 0 Å². The molecule has 0 aliphatic carbocycles. The molecular formula is C42H52O4S4. The van der Waals surface area contributed by atoms with Gasteiger partial charge in [-0.3, -0.25) is 0 Å². The lowest BCUT2D eigenvalue weighted by molar-refractivity contribution is 0.393. The summed E-state index contributed by atoms with van der Waals surface area (Å²) in [6, 6.07) is 17.2. The van der Waals surface area contributed by atoms with Gasteiger partial charge >= 0.3 is 0 Å². The van der Waals surface area contributed by atoms with Gasteiger partial charge in [0.05, 0.1) is 53.4 Å². The average Bonchev–Trinajstić information content (AvgIpc) is 2.98. The van der Waals surface area contributed by atoms with E-state index < -0.39 is 0 Å². The molecule has 8 bridgehead atoms. The number of ether oxygens (including phenoxy) is 2. The van der Waals surface area contributed by atoms with E-state index >= 15 is 0 Å². The normalized spacial score (nSPS) is 14.0. The molecule has 5 rings (SSSR count). The molecule has 1 heterocycles. The van der Waals surface area contributed by atoms with Crippen LogP contribution in [0.15, 0.2) is 87.7 Å². The molecule has 1 aliphatic rings. The zero-order valence-corrected chi connectivity index (χ0v) is 35.2. The highest BCUT2D eigenvalue weighted by molar-refractivity contribution is 8.01. The number of aromatic hydroxyl groups is 2. The van der Waals surface area contributed by atoms with Crippen molar-refractivity contribution < 1.29 is 19.7 Å². The van der Waals surface area contributed by atoms with Gasteiger partial charge in [0.25, 0.3) is 0 Å². The Morgan fingerprint density at radius 2 is 0.540 bits per heavy atom. The fourth-order valence-corrected chi connectivity index (χ4v) is 10.2. The third-order valence-corrected chi connectivity index (χ3v) is 13.1. The molecule has 4 aromatic rings. The molecule has 8 heteroatoms. The van der Waals surface area contributed by atoms with E-state index in [0.717, 1.165) is 61.4 Å². The highest BCUT2D eigenvalue weighted by Gasteiger charge is 2.29. The summed E-state index contributed by atoms with van der Waals surface area (Å²) in [5.74, 6) is 1.89. The standard InChI is InChI=1S/C42H52O4S4/c1-39(2,3)23-15-27-35(43)28(16-23)48-32-20-26(42(10,11)12)22-34(38(32)46-14)50-30-18-24(40(4,5)6)17-29(36(30)44)49-33-21-25(41(7,8)9)19-31(47-27)37(33)45-13/h15-22,43-44H,1-14H3. The van der Waals surface area contributed by atoms with Crippen LogP contribution in [0.5, 0.6) is 23.0 Å². The molecule has 50 heavy (non-hydrogen) atoms. The number of rotatable bonds is 2. The lowest BCUT2D eigenvalue weighted by atomic mass is 9.87. The van der Waals surface area contributed by atoms with Gasteiger partial charge in [-0.1, -0.05) is 130 Å². The van der Waals surface area contributed by atoms with E-state index in [1.165, 1.54) is 47.0 Å². The molecule has 0 amide bonds. The van der Waals surface area contributed by atoms with E-state index in [9.17, 15) is 10.2 Å². The number of phenolic OH excluding ortho intramolecular Hbond substituents is 2. The Morgan fingerprint density at radius 3 is 0.700 bits per heavy atom. The van der Waals surface area contributed by atoms with Crippen LogP contribution in [0.1, 0.15) is 105 Å². The van der Waals surface area contributed by atoms with Crippen LogP contribution >= 0.6 is 47.0 Å². The molecule has 268 valence electrons. The molecule has 0 aromatic heterocycles. The molecule has 0 radical (unpaired) electrons. The predicted octanol–water partition coefficient (Wildman–Crippen LogP) is 13.2. The SMILES string of the molecule is COc1c2cc(C(C)(C)C)cc1Sc1cc(C(C)(C)C)cc(c1O)Sc1cc(C(C)(C)C)cc(c1OC)Sc1cc(C(C)(C)C)cc(c1O)S2. The number of methoxy groups -OCH3 is 2. The Bertz CT molecular complexity index is 1700. The molecule has 4 nitrogen and oxygen atoms in total. The smallest absolute Gasteiger partial charge is 0.146 e. The van der Waals surface area contributed by atoms with Crippen molar-refractivity contribution in [1.29, 1.82) is 0 Å². The molecule has 0 saturated heterocycles. The van der Waals surface area contributed by atoms with Gasteiger partial charge in [0.15, 0.2) is 0 Å². The van der Waals surface area contributed by atoms with E-state index in [1.54, 1.807) is 14.2 Å². The van der Waals surface area contributed by atoms with Crippen molar-refractivity contribution in [2.24, 2.45) is 0 Å². The Kier molecular flexibility index (Phi) is 10.7. The molecule has 4 aromatic carbocycles. The number of fused-ring (bicyclic) bond motifs is 8. The topological polar surface area (TPSA) is 58.9 Å². The second kappa shape index (κ2) is 13.8. The maximum Gasteiger partial charge on any atom is 0.146 e. The summed E-state index contributed by atoms with van der Waals surface area (Å²) in [7, 11) is 3.40. The van der Waals surface area contributed by atoms with E-state index in [4.69, 9.17) is 9.47 Å². The Labute approximate surface area is 316 Å². The minimum atomic E-state index is -0.166. The van der Waals surface area contributed by atoms with Gasteiger partial charge in [-0.25, -0.2) is 0 Å². The van der Waals surface area contributed by atoms with E-state index in [2.05, 4.69) is 132 Å². The summed E-state index contributed by atoms with van der Waals surface area (Å²) in [4.78, 5) is 6.65. The highest BCUT2D eigenvalue weighted by atomic mass is 32.2. The highest BCUT2D eigenvalue weighted by Crippen LogP contribution is 2.55. The minimum absolute atomic E-state index is 0.158. The molecule has 1 aliphatic heterocycles. The van der Waals surface area contributed by atoms with Crippen LogP contribution in [0.25, 0.3) is 0 Å². The van der Waals surface area contributed by atoms with E-state index in [1.807, 2.05) is 0 Å². The fourth-order valence-electron chi connectivity index (χ4n) is 5.54. The molecule has 0 unspecified atom stereocenters. The van der Waals surface area contributed by atoms with Crippen LogP contribution in [0.3, 0.4) is 0 Å². The predicted molar refractivity (Wildman–Crippen MR) is 213 cm³/mol. The number of hydrogen-bond acceptors (Lipinski definition) is 8. The summed E-state index contributed by atoms with van der Waals surface area (Å²) in [6.07, 6.45) is 0. The molecule has 2 N–H and O–H groups in total. The third kappa shape index (κ3) is 8.09. The molecule has 0 fully saturated rings. The van der Waals surface area contributed by atoms with Gasteiger partial charge in [0, 0.05) is 0 Å². The van der Waals surface area contributed by atoms with Crippen LogP contribution in [-0.2, 0) is 21.7 Å². The van der Waals surface area contributed by atoms with E-state index in [-0.39, 0.29) is 33.2 Å². The summed E-state index contributed by atoms with van der Waals surface area (Å²) in [5.41, 5.74) is 3.88. The minimum Gasteiger partial charge on any atom is -0.506 e. The van der Waals surface area contributed by atoms with Gasteiger partial charge in [-0.05, 0) is 92.4 Å². The molecule has 0 saturated carbocycles. The lowest BCUT2D eigenvalue weighted by Crippen LogP contribution is -2.13. The van der Waals surface area contributed by atoms with Crippen molar-refractivity contribution in [2.45, 2.75) is 144 Å². The summed E-state index contributed by atoms with van der Waals surface area (Å²) >= 11 is 6.08. The van der Waals surface area contributed by atoms with Crippen molar-refractivity contribution >= 4 is 47.0 Å². The van der Waals surface area contributed by atoms with Crippen LogP contribution in [0, 0.1) is 0 Å². The lowest BCUT2D eigenvalue weighted by Gasteiger charge is -2.27. The second-order valence-corrected chi connectivity index (χ2v) is 21.4. The fraction of sp³-hybridized carbons (Fsp3) is 0.429. The van der Waals surface area contributed by atoms with Gasteiger partial charge in [-0.15, -0.1) is 0 Å². The van der Waals surface area contributed by atoms with Crippen molar-refractivity contribution in [3.63, 3.8) is 0 Å². The summed E-state index contributed by atoms with van der Waals surface area (Å²) in [5, 5.41) is 24.2.